The minimum atomic E-state index is -0.00260. The molecule has 0 saturated carbocycles. The van der Waals surface area contributed by atoms with Gasteiger partial charge in [-0.3, -0.25) is 15.1 Å². The molecule has 0 spiro atoms. The van der Waals surface area contributed by atoms with Crippen LogP contribution in [0.5, 0.6) is 0 Å². The number of aliphatic imine (C=N–C) groups is 1. The number of benzene rings is 1. The molecule has 0 aliphatic heterocycles. The van der Waals surface area contributed by atoms with Crippen LogP contribution in [0.1, 0.15) is 10.4 Å². The molecule has 88 valence electrons. The van der Waals surface area contributed by atoms with E-state index in [9.17, 15) is 4.79 Å². The van der Waals surface area contributed by atoms with Gasteiger partial charge in [0.25, 0.3) is 0 Å². The quantitative estimate of drug-likeness (QED) is 0.306. The lowest BCUT2D eigenvalue weighted by molar-refractivity contribution is 0.102. The number of carbonyl (C=O) groups is 1. The summed E-state index contributed by atoms with van der Waals surface area (Å²) < 4.78 is 0.868. The summed E-state index contributed by atoms with van der Waals surface area (Å²) in [6.45, 7) is 0. The summed E-state index contributed by atoms with van der Waals surface area (Å²) in [6.07, 6.45) is 1.77. The van der Waals surface area contributed by atoms with Gasteiger partial charge in [-0.2, -0.15) is 5.26 Å². The van der Waals surface area contributed by atoms with E-state index in [2.05, 4.69) is 26.2 Å². The number of nitriles is 1. The van der Waals surface area contributed by atoms with Gasteiger partial charge in [0.05, 0.1) is 5.75 Å². The standard InChI is InChI=1S/C11H10BrN3OS/c1-14-11(15-7-13)17-6-10(16)8-3-2-4-9(12)5-8/h2-5H,6H2,1H3,(H,14,15). The zero-order valence-electron chi connectivity index (χ0n) is 9.11. The molecule has 0 radical (unpaired) electrons. The largest absolute Gasteiger partial charge is 0.293 e. The Bertz CT molecular complexity index is 482. The molecule has 1 rings (SSSR count). The van der Waals surface area contributed by atoms with Crippen molar-refractivity contribution in [1.29, 1.82) is 5.26 Å². The maximum absolute atomic E-state index is 11.8. The number of nitrogens with zero attached hydrogens (tertiary/aromatic N) is 2. The van der Waals surface area contributed by atoms with E-state index in [0.717, 1.165) is 4.47 Å². The van der Waals surface area contributed by atoms with E-state index in [1.54, 1.807) is 25.4 Å². The predicted molar refractivity (Wildman–Crippen MR) is 73.0 cm³/mol. The fraction of sp³-hybridized carbons (Fsp3) is 0.182. The Kier molecular flexibility index (Phi) is 5.73. The Labute approximate surface area is 112 Å². The lowest BCUT2D eigenvalue weighted by Crippen LogP contribution is -2.16. The fourth-order valence-electron chi connectivity index (χ4n) is 1.08. The topological polar surface area (TPSA) is 65.2 Å². The molecule has 6 heteroatoms. The third-order valence-electron chi connectivity index (χ3n) is 1.85. The van der Waals surface area contributed by atoms with Crippen LogP contribution < -0.4 is 5.32 Å². The van der Waals surface area contributed by atoms with Crippen LogP contribution in [0.4, 0.5) is 0 Å². The number of thioether (sulfide) groups is 1. The Morgan fingerprint density at radius 2 is 2.41 bits per heavy atom. The first-order chi connectivity index (χ1) is 8.17. The minimum absolute atomic E-state index is 0.00260. The number of carbonyl (C=O) groups excluding carboxylic acids is 1. The maximum Gasteiger partial charge on any atom is 0.183 e. The molecule has 0 heterocycles. The third-order valence-corrected chi connectivity index (χ3v) is 3.31. The highest BCUT2D eigenvalue weighted by Crippen LogP contribution is 2.14. The number of ketones is 1. The normalized spacial score (nSPS) is 10.8. The smallest absolute Gasteiger partial charge is 0.183 e. The monoisotopic (exact) mass is 311 g/mol. The van der Waals surface area contributed by atoms with Crippen molar-refractivity contribution in [3.05, 3.63) is 34.3 Å². The maximum atomic E-state index is 11.8. The summed E-state index contributed by atoms with van der Waals surface area (Å²) in [4.78, 5) is 15.7. The Balaban J connectivity index is 2.59. The molecule has 0 fully saturated rings. The molecule has 0 bridgehead atoms. The number of rotatable bonds is 3. The second-order valence-electron chi connectivity index (χ2n) is 2.99. The molecule has 0 amide bonds. The number of halogens is 1. The van der Waals surface area contributed by atoms with Crippen LogP contribution in [0.15, 0.2) is 33.7 Å². The predicted octanol–water partition coefficient (Wildman–Crippen LogP) is 2.42. The van der Waals surface area contributed by atoms with Crippen LogP contribution in [0, 0.1) is 11.5 Å². The first-order valence-corrected chi connectivity index (χ1v) is 6.48. The highest BCUT2D eigenvalue weighted by Gasteiger charge is 2.08. The van der Waals surface area contributed by atoms with Gasteiger partial charge < -0.3 is 0 Å². The van der Waals surface area contributed by atoms with Gasteiger partial charge in [-0.25, -0.2) is 0 Å². The van der Waals surface area contributed by atoms with Crippen molar-refractivity contribution in [2.24, 2.45) is 4.99 Å². The third kappa shape index (κ3) is 4.59. The van der Waals surface area contributed by atoms with E-state index < -0.39 is 0 Å². The zero-order valence-corrected chi connectivity index (χ0v) is 11.5. The fourth-order valence-corrected chi connectivity index (χ4v) is 2.16. The summed E-state index contributed by atoms with van der Waals surface area (Å²) in [5.41, 5.74) is 0.638. The molecule has 0 aliphatic rings. The summed E-state index contributed by atoms with van der Waals surface area (Å²) in [6, 6.07) is 7.20. The number of amidine groups is 1. The van der Waals surface area contributed by atoms with Gasteiger partial charge in [-0.15, -0.1) is 0 Å². The molecule has 1 aromatic rings. The SMILES string of the molecule is CN=C(NC#N)SCC(=O)c1cccc(Br)c1. The summed E-state index contributed by atoms with van der Waals surface area (Å²) in [5.74, 6) is 0.245. The van der Waals surface area contributed by atoms with Crippen molar-refractivity contribution in [3.8, 4) is 6.19 Å². The van der Waals surface area contributed by atoms with E-state index in [1.165, 1.54) is 11.8 Å². The van der Waals surface area contributed by atoms with Crippen LogP contribution in [0.2, 0.25) is 0 Å². The van der Waals surface area contributed by atoms with Gasteiger partial charge in [0.2, 0.25) is 0 Å². The van der Waals surface area contributed by atoms with Crippen molar-refractivity contribution >= 4 is 38.6 Å². The average Bonchev–Trinajstić information content (AvgIpc) is 2.34. The highest BCUT2D eigenvalue weighted by molar-refractivity contribution is 9.10. The van der Waals surface area contributed by atoms with Crippen molar-refractivity contribution in [2.45, 2.75) is 0 Å². The van der Waals surface area contributed by atoms with Gasteiger partial charge in [0, 0.05) is 17.1 Å². The van der Waals surface area contributed by atoms with Crippen LogP contribution in [-0.2, 0) is 0 Å². The van der Waals surface area contributed by atoms with Crippen molar-refractivity contribution in [3.63, 3.8) is 0 Å². The summed E-state index contributed by atoms with van der Waals surface area (Å²) in [7, 11) is 1.57. The highest BCUT2D eigenvalue weighted by atomic mass is 79.9. The lowest BCUT2D eigenvalue weighted by Gasteiger charge is -2.02. The van der Waals surface area contributed by atoms with Crippen LogP contribution in [0.3, 0.4) is 0 Å². The van der Waals surface area contributed by atoms with Crippen LogP contribution >= 0.6 is 27.7 Å². The van der Waals surface area contributed by atoms with Crippen molar-refractivity contribution in [1.82, 2.24) is 5.32 Å². The van der Waals surface area contributed by atoms with Gasteiger partial charge in [0.1, 0.15) is 0 Å². The lowest BCUT2D eigenvalue weighted by atomic mass is 10.2. The molecule has 0 unspecified atom stereocenters. The van der Waals surface area contributed by atoms with E-state index in [4.69, 9.17) is 5.26 Å². The molecule has 4 nitrogen and oxygen atoms in total. The van der Waals surface area contributed by atoms with Crippen molar-refractivity contribution in [2.75, 3.05) is 12.8 Å². The number of hydrogen-bond acceptors (Lipinski definition) is 4. The van der Waals surface area contributed by atoms with E-state index in [0.29, 0.717) is 10.7 Å². The molecule has 0 aromatic heterocycles. The molecule has 0 atom stereocenters. The molecular formula is C11H10BrN3OS. The van der Waals surface area contributed by atoms with E-state index >= 15 is 0 Å². The van der Waals surface area contributed by atoms with Crippen molar-refractivity contribution < 1.29 is 4.79 Å². The number of nitrogens with one attached hydrogen (secondary N) is 1. The molecule has 1 N–H and O–H groups in total. The molecular weight excluding hydrogens is 302 g/mol. The Morgan fingerprint density at radius 1 is 1.65 bits per heavy atom. The van der Waals surface area contributed by atoms with E-state index in [1.807, 2.05) is 12.1 Å². The van der Waals surface area contributed by atoms with Gasteiger partial charge in [-0.1, -0.05) is 39.8 Å². The minimum Gasteiger partial charge on any atom is -0.293 e. The Hall–Kier alpha value is -1.32. The van der Waals surface area contributed by atoms with E-state index in [-0.39, 0.29) is 11.5 Å². The number of Topliss-reactive ketones (excluding diaryl/α,β-unsaturated/α-hetero) is 1. The zero-order chi connectivity index (χ0) is 12.7. The van der Waals surface area contributed by atoms with Crippen LogP contribution in [0.25, 0.3) is 0 Å². The summed E-state index contributed by atoms with van der Waals surface area (Å²) in [5, 5.41) is 11.3. The first kappa shape index (κ1) is 13.7. The number of hydrogen-bond donors (Lipinski definition) is 1. The Morgan fingerprint density at radius 3 is 3.00 bits per heavy atom. The first-order valence-electron chi connectivity index (χ1n) is 4.71. The molecule has 0 saturated heterocycles. The second-order valence-corrected chi connectivity index (χ2v) is 4.87. The second kappa shape index (κ2) is 7.09. The molecule has 17 heavy (non-hydrogen) atoms. The van der Waals surface area contributed by atoms with Gasteiger partial charge in [-0.05, 0) is 12.1 Å². The van der Waals surface area contributed by atoms with Gasteiger partial charge in [0.15, 0.2) is 17.1 Å². The van der Waals surface area contributed by atoms with Crippen LogP contribution in [-0.4, -0.2) is 23.8 Å². The average molecular weight is 312 g/mol. The molecule has 0 aliphatic carbocycles. The summed E-state index contributed by atoms with van der Waals surface area (Å²) >= 11 is 4.52. The van der Waals surface area contributed by atoms with Gasteiger partial charge >= 0.3 is 0 Å². The molecule has 1 aromatic carbocycles.